The number of primary sulfonamides is 1. The first-order valence-corrected chi connectivity index (χ1v) is 9.31. The highest BCUT2D eigenvalue weighted by atomic mass is 35.5. The zero-order valence-corrected chi connectivity index (χ0v) is 13.6. The maximum atomic E-state index is 11.2. The Hall–Kier alpha value is -0.920. The zero-order valence-electron chi connectivity index (χ0n) is 11.2. The van der Waals surface area contributed by atoms with Crippen LogP contribution in [0.5, 0.6) is 0 Å². The van der Waals surface area contributed by atoms with Gasteiger partial charge in [-0.25, -0.2) is 13.6 Å². The summed E-state index contributed by atoms with van der Waals surface area (Å²) < 4.78 is 23.2. The highest BCUT2D eigenvalue weighted by Crippen LogP contribution is 2.39. The number of aryl methyl sites for hydroxylation is 1. The molecule has 0 saturated heterocycles. The fourth-order valence-corrected chi connectivity index (χ4v) is 4.45. The molecule has 1 aliphatic rings. The van der Waals surface area contributed by atoms with Crippen molar-refractivity contribution in [1.82, 2.24) is 5.32 Å². The summed E-state index contributed by atoms with van der Waals surface area (Å²) in [5, 5.41) is 8.57. The Labute approximate surface area is 133 Å². The Bertz CT molecular complexity index is 754. The predicted octanol–water partition coefficient (Wildman–Crippen LogP) is 2.83. The quantitative estimate of drug-likeness (QED) is 0.897. The van der Waals surface area contributed by atoms with Gasteiger partial charge in [0.1, 0.15) is 0 Å². The van der Waals surface area contributed by atoms with Crippen molar-refractivity contribution >= 4 is 33.0 Å². The van der Waals surface area contributed by atoms with E-state index >= 15 is 0 Å². The van der Waals surface area contributed by atoms with E-state index in [1.807, 2.05) is 6.07 Å². The lowest BCUT2D eigenvalue weighted by Gasteiger charge is -2.13. The summed E-state index contributed by atoms with van der Waals surface area (Å²) in [7, 11) is -3.62. The highest BCUT2D eigenvalue weighted by Gasteiger charge is 2.24. The highest BCUT2D eigenvalue weighted by molar-refractivity contribution is 7.89. The van der Waals surface area contributed by atoms with Crippen molar-refractivity contribution in [3.05, 3.63) is 50.7 Å². The van der Waals surface area contributed by atoms with Gasteiger partial charge in [-0.15, -0.1) is 11.3 Å². The molecular weight excluding hydrogens is 328 g/mol. The van der Waals surface area contributed by atoms with Gasteiger partial charge in [-0.2, -0.15) is 0 Å². The first-order chi connectivity index (χ1) is 9.93. The Morgan fingerprint density at radius 1 is 1.33 bits per heavy atom. The zero-order chi connectivity index (χ0) is 15.0. The lowest BCUT2D eigenvalue weighted by atomic mass is 10.1. The minimum absolute atomic E-state index is 0.138. The molecule has 0 saturated carbocycles. The normalized spacial score (nSPS) is 17.9. The average molecular weight is 343 g/mol. The lowest BCUT2D eigenvalue weighted by molar-refractivity contribution is 0.530. The van der Waals surface area contributed by atoms with Crippen LogP contribution in [0.3, 0.4) is 0 Å². The van der Waals surface area contributed by atoms with Crippen LogP contribution >= 0.6 is 22.9 Å². The van der Waals surface area contributed by atoms with E-state index in [0.717, 1.165) is 22.7 Å². The lowest BCUT2D eigenvalue weighted by Crippen LogP contribution is -2.18. The molecule has 3 rings (SSSR count). The third-order valence-corrected chi connectivity index (χ3v) is 5.92. The number of nitrogens with two attached hydrogens (primary N) is 1. The SMILES string of the molecule is NS(=O)(=O)c1ccc(CNC2CCc3sc(Cl)cc32)cc1. The van der Waals surface area contributed by atoms with Crippen LogP contribution in [-0.4, -0.2) is 8.42 Å². The molecule has 0 amide bonds. The summed E-state index contributed by atoms with van der Waals surface area (Å²) in [4.78, 5) is 1.50. The van der Waals surface area contributed by atoms with Crippen LogP contribution in [0, 0.1) is 0 Å². The molecule has 1 unspecified atom stereocenters. The van der Waals surface area contributed by atoms with Crippen molar-refractivity contribution in [3.8, 4) is 0 Å². The Kier molecular flexibility index (Phi) is 4.07. The van der Waals surface area contributed by atoms with Crippen molar-refractivity contribution in [1.29, 1.82) is 0 Å². The van der Waals surface area contributed by atoms with E-state index in [2.05, 4.69) is 5.32 Å². The van der Waals surface area contributed by atoms with Crippen molar-refractivity contribution in [2.24, 2.45) is 5.14 Å². The van der Waals surface area contributed by atoms with Gasteiger partial charge in [0.2, 0.25) is 10.0 Å². The van der Waals surface area contributed by atoms with E-state index in [1.165, 1.54) is 22.6 Å². The Morgan fingerprint density at radius 2 is 2.05 bits per heavy atom. The minimum atomic E-state index is -3.62. The van der Waals surface area contributed by atoms with Crippen LogP contribution in [0.25, 0.3) is 0 Å². The van der Waals surface area contributed by atoms with Crippen molar-refractivity contribution < 1.29 is 8.42 Å². The number of benzene rings is 1. The van der Waals surface area contributed by atoms with Gasteiger partial charge >= 0.3 is 0 Å². The molecule has 21 heavy (non-hydrogen) atoms. The molecule has 112 valence electrons. The molecule has 0 radical (unpaired) electrons. The van der Waals surface area contributed by atoms with E-state index in [1.54, 1.807) is 23.5 Å². The fraction of sp³-hybridized carbons (Fsp3) is 0.286. The first-order valence-electron chi connectivity index (χ1n) is 6.57. The summed E-state index contributed by atoms with van der Waals surface area (Å²) in [5.74, 6) is 0. The molecule has 1 aliphatic carbocycles. The summed E-state index contributed by atoms with van der Waals surface area (Å²) in [6.07, 6.45) is 2.14. The van der Waals surface area contributed by atoms with Gasteiger partial charge in [-0.3, -0.25) is 0 Å². The molecular formula is C14H15ClN2O2S2. The van der Waals surface area contributed by atoms with Crippen molar-refractivity contribution in [2.45, 2.75) is 30.3 Å². The molecule has 0 bridgehead atoms. The molecule has 4 nitrogen and oxygen atoms in total. The van der Waals surface area contributed by atoms with E-state index in [-0.39, 0.29) is 4.90 Å². The summed E-state index contributed by atoms with van der Waals surface area (Å²) >= 11 is 7.69. The Balaban J connectivity index is 1.66. The number of nitrogens with one attached hydrogen (secondary N) is 1. The number of thiophene rings is 1. The molecule has 3 N–H and O–H groups in total. The third-order valence-electron chi connectivity index (χ3n) is 3.65. The summed E-state index contributed by atoms with van der Waals surface area (Å²) in [6, 6.07) is 8.99. The van der Waals surface area contributed by atoms with Gasteiger partial charge in [0, 0.05) is 17.5 Å². The Morgan fingerprint density at radius 3 is 2.71 bits per heavy atom. The smallest absolute Gasteiger partial charge is 0.238 e. The second-order valence-corrected chi connectivity index (χ2v) is 8.42. The van der Waals surface area contributed by atoms with Crippen LogP contribution < -0.4 is 10.5 Å². The van der Waals surface area contributed by atoms with Crippen LogP contribution in [-0.2, 0) is 23.0 Å². The van der Waals surface area contributed by atoms with Crippen molar-refractivity contribution in [3.63, 3.8) is 0 Å². The predicted molar refractivity (Wildman–Crippen MR) is 85.0 cm³/mol. The van der Waals surface area contributed by atoms with E-state index in [4.69, 9.17) is 16.7 Å². The maximum absolute atomic E-state index is 11.2. The van der Waals surface area contributed by atoms with Gasteiger partial charge in [0.05, 0.1) is 9.23 Å². The molecule has 1 heterocycles. The minimum Gasteiger partial charge on any atom is -0.306 e. The number of fused-ring (bicyclic) bond motifs is 1. The molecule has 1 atom stereocenters. The maximum Gasteiger partial charge on any atom is 0.238 e. The number of halogens is 1. The number of hydrogen-bond acceptors (Lipinski definition) is 4. The number of hydrogen-bond donors (Lipinski definition) is 2. The summed E-state index contributed by atoms with van der Waals surface area (Å²) in [5.41, 5.74) is 2.32. The fourth-order valence-electron chi connectivity index (χ4n) is 2.58. The number of sulfonamides is 1. The molecule has 0 aliphatic heterocycles. The van der Waals surface area contributed by atoms with Crippen molar-refractivity contribution in [2.75, 3.05) is 0 Å². The van der Waals surface area contributed by atoms with Gasteiger partial charge in [0.25, 0.3) is 0 Å². The van der Waals surface area contributed by atoms with E-state index in [0.29, 0.717) is 12.6 Å². The number of rotatable bonds is 4. The van der Waals surface area contributed by atoms with Crippen LogP contribution in [0.2, 0.25) is 4.34 Å². The summed E-state index contributed by atoms with van der Waals surface area (Å²) in [6.45, 7) is 0.683. The van der Waals surface area contributed by atoms with Gasteiger partial charge in [0.15, 0.2) is 0 Å². The molecule has 0 spiro atoms. The van der Waals surface area contributed by atoms with Crippen LogP contribution in [0.15, 0.2) is 35.2 Å². The monoisotopic (exact) mass is 342 g/mol. The van der Waals surface area contributed by atoms with Gasteiger partial charge in [-0.1, -0.05) is 23.7 Å². The molecule has 1 aromatic heterocycles. The van der Waals surface area contributed by atoms with E-state index in [9.17, 15) is 8.42 Å². The van der Waals surface area contributed by atoms with Gasteiger partial charge in [-0.05, 0) is 42.2 Å². The third kappa shape index (κ3) is 3.30. The largest absolute Gasteiger partial charge is 0.306 e. The topological polar surface area (TPSA) is 72.2 Å². The standard InChI is InChI=1S/C14H15ClN2O2S2/c15-14-7-11-12(5-6-13(11)20-14)17-8-9-1-3-10(4-2-9)21(16,18)19/h1-4,7,12,17H,5-6,8H2,(H2,16,18,19). The molecule has 7 heteroatoms. The second kappa shape index (κ2) is 5.70. The molecule has 0 fully saturated rings. The first kappa shape index (κ1) is 15.0. The molecule has 2 aromatic rings. The molecule has 1 aromatic carbocycles. The van der Waals surface area contributed by atoms with Crippen LogP contribution in [0.1, 0.15) is 28.5 Å². The average Bonchev–Trinajstić information content (AvgIpc) is 2.95. The van der Waals surface area contributed by atoms with Gasteiger partial charge < -0.3 is 5.32 Å². The van der Waals surface area contributed by atoms with Crippen LogP contribution in [0.4, 0.5) is 0 Å². The second-order valence-electron chi connectivity index (χ2n) is 5.09. The van der Waals surface area contributed by atoms with E-state index < -0.39 is 10.0 Å².